The number of rotatable bonds is 6. The molecule has 0 unspecified atom stereocenters. The lowest BCUT2D eigenvalue weighted by Crippen LogP contribution is -2.62. The zero-order chi connectivity index (χ0) is 18.0. The van der Waals surface area contributed by atoms with E-state index in [0.717, 1.165) is 55.6 Å². The van der Waals surface area contributed by atoms with Crippen LogP contribution in [0.5, 0.6) is 5.75 Å². The van der Waals surface area contributed by atoms with E-state index in [4.69, 9.17) is 15.2 Å². The van der Waals surface area contributed by atoms with E-state index >= 15 is 0 Å². The van der Waals surface area contributed by atoms with Gasteiger partial charge in [0.2, 0.25) is 0 Å². The van der Waals surface area contributed by atoms with E-state index in [2.05, 4.69) is 22.4 Å². The van der Waals surface area contributed by atoms with Gasteiger partial charge >= 0.3 is 0 Å². The van der Waals surface area contributed by atoms with E-state index in [1.807, 2.05) is 30.6 Å². The Hall–Kier alpha value is -1.95. The topological polar surface area (TPSA) is 69.4 Å². The van der Waals surface area contributed by atoms with E-state index < -0.39 is 0 Å². The van der Waals surface area contributed by atoms with Gasteiger partial charge in [-0.2, -0.15) is 0 Å². The zero-order valence-electron chi connectivity index (χ0n) is 15.3. The molecule has 3 fully saturated rings. The van der Waals surface area contributed by atoms with E-state index in [-0.39, 0.29) is 11.1 Å². The van der Waals surface area contributed by atoms with Crippen molar-refractivity contribution in [1.29, 1.82) is 0 Å². The summed E-state index contributed by atoms with van der Waals surface area (Å²) in [7, 11) is 1.72. The zero-order valence-corrected chi connectivity index (χ0v) is 15.3. The summed E-state index contributed by atoms with van der Waals surface area (Å²) in [5, 5.41) is 3.60. The number of aromatic nitrogens is 1. The number of pyridine rings is 1. The molecule has 0 atom stereocenters. The van der Waals surface area contributed by atoms with Crippen LogP contribution in [0.4, 0.5) is 0 Å². The maximum atomic E-state index is 6.32. The molecule has 138 valence electrons. The van der Waals surface area contributed by atoms with Gasteiger partial charge in [0, 0.05) is 36.6 Å². The Bertz CT molecular complexity index is 739. The van der Waals surface area contributed by atoms with Gasteiger partial charge in [-0.1, -0.05) is 6.07 Å². The molecule has 1 aromatic heterocycles. The fraction of sp³-hybridized carbons (Fsp3) is 0.476. The summed E-state index contributed by atoms with van der Waals surface area (Å²) >= 11 is 0. The number of nitrogens with two attached hydrogens (primary N) is 1. The highest BCUT2D eigenvalue weighted by molar-refractivity contribution is 5.65. The molecule has 1 aliphatic carbocycles. The molecule has 26 heavy (non-hydrogen) atoms. The number of nitrogens with one attached hydrogen (secondary N) is 1. The molecule has 3 heterocycles. The van der Waals surface area contributed by atoms with Gasteiger partial charge in [-0.3, -0.25) is 4.98 Å². The second-order valence-corrected chi connectivity index (χ2v) is 7.70. The van der Waals surface area contributed by atoms with Crippen LogP contribution in [-0.2, 0) is 11.3 Å². The average molecular weight is 353 g/mol. The third kappa shape index (κ3) is 3.47. The molecule has 1 aromatic carbocycles. The Morgan fingerprint density at radius 2 is 1.88 bits per heavy atom. The monoisotopic (exact) mass is 353 g/mol. The molecule has 3 aliphatic rings. The molecule has 0 amide bonds. The molecule has 2 aromatic rings. The lowest BCUT2D eigenvalue weighted by molar-refractivity contribution is -0.150. The molecular formula is C21H27N3O2. The minimum atomic E-state index is -0.0795. The Morgan fingerprint density at radius 1 is 1.12 bits per heavy atom. The van der Waals surface area contributed by atoms with Gasteiger partial charge in [-0.05, 0) is 61.1 Å². The number of nitrogens with zero attached hydrogens (tertiary/aromatic N) is 1. The number of hydrogen-bond acceptors (Lipinski definition) is 5. The van der Waals surface area contributed by atoms with Crippen LogP contribution < -0.4 is 15.8 Å². The first-order valence-electron chi connectivity index (χ1n) is 9.32. The molecule has 5 nitrogen and oxygen atoms in total. The first kappa shape index (κ1) is 17.5. The van der Waals surface area contributed by atoms with E-state index in [1.54, 1.807) is 7.11 Å². The summed E-state index contributed by atoms with van der Waals surface area (Å²) < 4.78 is 11.7. The standard InChI is InChI=1S/C21H27N3O2/c1-25-19-3-2-17(16-4-10-23-11-5-16)12-18(19)13-24-14-21-8-6-20(22,7-9-21)15-26-21/h2-5,10-12,24H,6-9,13-15,22H2,1H3. The molecule has 0 spiro atoms. The molecule has 2 bridgehead atoms. The van der Waals surface area contributed by atoms with Crippen LogP contribution in [0.2, 0.25) is 0 Å². The largest absolute Gasteiger partial charge is 0.496 e. The summed E-state index contributed by atoms with van der Waals surface area (Å²) in [6, 6.07) is 10.4. The third-order valence-electron chi connectivity index (χ3n) is 5.88. The number of methoxy groups -OCH3 is 1. The minimum absolute atomic E-state index is 0.0446. The van der Waals surface area contributed by atoms with Crippen molar-refractivity contribution in [3.05, 3.63) is 48.3 Å². The van der Waals surface area contributed by atoms with Crippen LogP contribution in [0.3, 0.4) is 0 Å². The SMILES string of the molecule is COc1ccc(-c2ccncc2)cc1CNCC12CCC(N)(CC1)CO2. The Labute approximate surface area is 154 Å². The average Bonchev–Trinajstić information content (AvgIpc) is 2.70. The summed E-state index contributed by atoms with van der Waals surface area (Å²) in [6.45, 7) is 2.29. The summed E-state index contributed by atoms with van der Waals surface area (Å²) in [4.78, 5) is 4.09. The van der Waals surface area contributed by atoms with Crippen LogP contribution in [0.15, 0.2) is 42.7 Å². The van der Waals surface area contributed by atoms with Crippen molar-refractivity contribution in [2.75, 3.05) is 20.3 Å². The van der Waals surface area contributed by atoms with Gasteiger partial charge in [-0.15, -0.1) is 0 Å². The van der Waals surface area contributed by atoms with Crippen molar-refractivity contribution in [3.8, 4) is 16.9 Å². The molecule has 2 aliphatic heterocycles. The Morgan fingerprint density at radius 3 is 2.54 bits per heavy atom. The number of ether oxygens (including phenoxy) is 2. The molecule has 2 saturated heterocycles. The van der Waals surface area contributed by atoms with Crippen molar-refractivity contribution >= 4 is 0 Å². The van der Waals surface area contributed by atoms with Crippen molar-refractivity contribution in [2.24, 2.45) is 5.73 Å². The van der Waals surface area contributed by atoms with Gasteiger partial charge in [0.1, 0.15) is 5.75 Å². The van der Waals surface area contributed by atoms with Crippen LogP contribution in [0, 0.1) is 0 Å². The second-order valence-electron chi connectivity index (χ2n) is 7.70. The van der Waals surface area contributed by atoms with Gasteiger partial charge in [0.05, 0.1) is 19.3 Å². The molecule has 5 heteroatoms. The van der Waals surface area contributed by atoms with Gasteiger partial charge < -0.3 is 20.5 Å². The first-order valence-corrected chi connectivity index (χ1v) is 9.32. The fourth-order valence-electron chi connectivity index (χ4n) is 4.08. The fourth-order valence-corrected chi connectivity index (χ4v) is 4.08. The molecule has 3 N–H and O–H groups in total. The van der Waals surface area contributed by atoms with E-state index in [1.165, 1.54) is 5.56 Å². The lowest BCUT2D eigenvalue weighted by atomic mass is 9.71. The molecule has 5 rings (SSSR count). The van der Waals surface area contributed by atoms with Crippen molar-refractivity contribution < 1.29 is 9.47 Å². The van der Waals surface area contributed by atoms with Crippen molar-refractivity contribution in [1.82, 2.24) is 10.3 Å². The quantitative estimate of drug-likeness (QED) is 0.836. The number of benzene rings is 1. The highest BCUT2D eigenvalue weighted by Crippen LogP contribution is 2.42. The predicted molar refractivity (Wildman–Crippen MR) is 102 cm³/mol. The van der Waals surface area contributed by atoms with E-state index in [9.17, 15) is 0 Å². The van der Waals surface area contributed by atoms with Crippen LogP contribution in [0.25, 0.3) is 11.1 Å². The Kier molecular flexibility index (Phi) is 4.69. The molecule has 1 saturated carbocycles. The van der Waals surface area contributed by atoms with Crippen LogP contribution >= 0.6 is 0 Å². The summed E-state index contributed by atoms with van der Waals surface area (Å²) in [6.07, 6.45) is 7.86. The minimum Gasteiger partial charge on any atom is -0.496 e. The second kappa shape index (κ2) is 6.99. The number of hydrogen-bond donors (Lipinski definition) is 2. The van der Waals surface area contributed by atoms with Gasteiger partial charge in [-0.25, -0.2) is 0 Å². The maximum absolute atomic E-state index is 6.32. The van der Waals surface area contributed by atoms with Crippen molar-refractivity contribution in [2.45, 2.75) is 43.4 Å². The highest BCUT2D eigenvalue weighted by Gasteiger charge is 2.47. The Balaban J connectivity index is 1.44. The smallest absolute Gasteiger partial charge is 0.123 e. The summed E-state index contributed by atoms with van der Waals surface area (Å²) in [5.41, 5.74) is 9.67. The van der Waals surface area contributed by atoms with Gasteiger partial charge in [0.25, 0.3) is 0 Å². The maximum Gasteiger partial charge on any atom is 0.123 e. The first-order chi connectivity index (χ1) is 12.6. The van der Waals surface area contributed by atoms with E-state index in [0.29, 0.717) is 6.61 Å². The highest BCUT2D eigenvalue weighted by atomic mass is 16.5. The lowest BCUT2D eigenvalue weighted by Gasteiger charge is -2.51. The van der Waals surface area contributed by atoms with Crippen LogP contribution in [0.1, 0.15) is 31.2 Å². The normalized spacial score (nSPS) is 27.5. The van der Waals surface area contributed by atoms with Crippen molar-refractivity contribution in [3.63, 3.8) is 0 Å². The predicted octanol–water partition coefficient (Wildman–Crippen LogP) is 2.89. The molecule has 0 radical (unpaired) electrons. The van der Waals surface area contributed by atoms with Crippen LogP contribution in [-0.4, -0.2) is 36.4 Å². The number of fused-ring (bicyclic) bond motifs is 3. The third-order valence-corrected chi connectivity index (χ3v) is 5.88. The van der Waals surface area contributed by atoms with Gasteiger partial charge in [0.15, 0.2) is 0 Å². The summed E-state index contributed by atoms with van der Waals surface area (Å²) in [5.74, 6) is 0.905. The molecular weight excluding hydrogens is 326 g/mol.